The molecule has 0 heterocycles. The highest BCUT2D eigenvalue weighted by atomic mass is 35.5. The molecular weight excluding hydrogens is 286 g/mol. The lowest BCUT2D eigenvalue weighted by Gasteiger charge is -2.16. The van der Waals surface area contributed by atoms with Crippen molar-refractivity contribution in [3.05, 3.63) is 64.7 Å². The van der Waals surface area contributed by atoms with Gasteiger partial charge in [-0.25, -0.2) is 0 Å². The quantitative estimate of drug-likeness (QED) is 0.822. The molecule has 21 heavy (non-hydrogen) atoms. The van der Waals surface area contributed by atoms with Crippen LogP contribution in [0.5, 0.6) is 5.75 Å². The first-order valence-electron chi connectivity index (χ1n) is 7.01. The molecule has 0 aliphatic rings. The summed E-state index contributed by atoms with van der Waals surface area (Å²) in [5, 5.41) is 13.1. The van der Waals surface area contributed by atoms with Crippen molar-refractivity contribution in [1.29, 1.82) is 0 Å². The Morgan fingerprint density at radius 2 is 1.86 bits per heavy atom. The second-order valence-corrected chi connectivity index (χ2v) is 5.27. The van der Waals surface area contributed by atoms with Crippen LogP contribution in [-0.4, -0.2) is 18.3 Å². The van der Waals surface area contributed by atoms with Crippen molar-refractivity contribution < 1.29 is 9.84 Å². The van der Waals surface area contributed by atoms with Crippen molar-refractivity contribution in [3.63, 3.8) is 0 Å². The van der Waals surface area contributed by atoms with E-state index in [4.69, 9.17) is 21.4 Å². The highest BCUT2D eigenvalue weighted by Gasteiger charge is 2.07. The molecule has 0 amide bonds. The highest BCUT2D eigenvalue weighted by Crippen LogP contribution is 2.20. The lowest BCUT2D eigenvalue weighted by molar-refractivity contribution is 0.200. The Morgan fingerprint density at radius 1 is 1.14 bits per heavy atom. The van der Waals surface area contributed by atoms with Gasteiger partial charge in [0.1, 0.15) is 12.4 Å². The maximum Gasteiger partial charge on any atom is 0.123 e. The smallest absolute Gasteiger partial charge is 0.123 e. The zero-order valence-electron chi connectivity index (χ0n) is 12.1. The van der Waals surface area contributed by atoms with E-state index in [2.05, 4.69) is 12.2 Å². The molecule has 0 bridgehead atoms. The molecule has 4 heteroatoms. The van der Waals surface area contributed by atoms with E-state index in [1.807, 2.05) is 48.5 Å². The number of ether oxygens (including phenoxy) is 1. The van der Waals surface area contributed by atoms with Crippen molar-refractivity contribution in [2.75, 3.05) is 13.2 Å². The van der Waals surface area contributed by atoms with Crippen LogP contribution in [0.25, 0.3) is 0 Å². The predicted molar refractivity (Wildman–Crippen MR) is 85.7 cm³/mol. The fraction of sp³-hybridized carbons (Fsp3) is 0.294. The van der Waals surface area contributed by atoms with Gasteiger partial charge in [-0.15, -0.1) is 0 Å². The summed E-state index contributed by atoms with van der Waals surface area (Å²) in [5.41, 5.74) is 2.26. The summed E-state index contributed by atoms with van der Waals surface area (Å²) in [4.78, 5) is 0. The Labute approximate surface area is 130 Å². The molecule has 1 unspecified atom stereocenters. The number of aliphatic hydroxyl groups is 1. The van der Waals surface area contributed by atoms with E-state index in [0.29, 0.717) is 13.2 Å². The van der Waals surface area contributed by atoms with Crippen molar-refractivity contribution in [1.82, 2.24) is 5.32 Å². The summed E-state index contributed by atoms with van der Waals surface area (Å²) in [6.07, 6.45) is 0. The van der Waals surface area contributed by atoms with Gasteiger partial charge < -0.3 is 15.2 Å². The number of rotatable bonds is 7. The minimum absolute atomic E-state index is 0.0168. The first-order chi connectivity index (χ1) is 10.2. The van der Waals surface area contributed by atoms with E-state index in [9.17, 15) is 0 Å². The first kappa shape index (κ1) is 15.8. The minimum atomic E-state index is 0.0168. The zero-order chi connectivity index (χ0) is 15.1. The van der Waals surface area contributed by atoms with E-state index in [-0.39, 0.29) is 12.6 Å². The van der Waals surface area contributed by atoms with Crippen molar-refractivity contribution >= 4 is 11.6 Å². The number of nitrogens with one attached hydrogen (secondary N) is 1. The summed E-state index contributed by atoms with van der Waals surface area (Å²) in [7, 11) is 0. The second kappa shape index (κ2) is 8.03. The molecule has 0 fully saturated rings. The van der Waals surface area contributed by atoms with Gasteiger partial charge in [-0.3, -0.25) is 0 Å². The zero-order valence-corrected chi connectivity index (χ0v) is 12.8. The molecule has 2 aromatic rings. The third kappa shape index (κ3) is 4.74. The van der Waals surface area contributed by atoms with Gasteiger partial charge in [0.15, 0.2) is 0 Å². The van der Waals surface area contributed by atoms with Gasteiger partial charge in [-0.2, -0.15) is 0 Å². The molecular formula is C17H20ClNO2. The number of halogens is 1. The molecule has 0 saturated heterocycles. The largest absolute Gasteiger partial charge is 0.491 e. The summed E-state index contributed by atoms with van der Waals surface area (Å²) in [6.45, 7) is 3.14. The summed E-state index contributed by atoms with van der Waals surface area (Å²) < 4.78 is 5.53. The van der Waals surface area contributed by atoms with E-state index in [1.54, 1.807) is 0 Å². The van der Waals surface area contributed by atoms with Gasteiger partial charge in [-0.05, 0) is 30.7 Å². The maximum absolute atomic E-state index is 8.86. The Balaban J connectivity index is 1.97. The molecule has 112 valence electrons. The van der Waals surface area contributed by atoms with Crippen molar-refractivity contribution in [2.24, 2.45) is 0 Å². The molecule has 0 saturated carbocycles. The molecule has 0 aliphatic carbocycles. The van der Waals surface area contributed by atoms with Gasteiger partial charge in [0.2, 0.25) is 0 Å². The van der Waals surface area contributed by atoms with Gasteiger partial charge >= 0.3 is 0 Å². The number of para-hydroxylation sites is 1. The van der Waals surface area contributed by atoms with Crippen LogP contribution < -0.4 is 10.1 Å². The van der Waals surface area contributed by atoms with E-state index in [1.165, 1.54) is 5.56 Å². The average Bonchev–Trinajstić information content (AvgIpc) is 2.52. The summed E-state index contributed by atoms with van der Waals surface area (Å²) in [5.74, 6) is 0.808. The van der Waals surface area contributed by atoms with Gasteiger partial charge in [0, 0.05) is 23.2 Å². The van der Waals surface area contributed by atoms with Gasteiger partial charge in [0.05, 0.1) is 6.61 Å². The third-order valence-electron chi connectivity index (χ3n) is 3.29. The van der Waals surface area contributed by atoms with Crippen molar-refractivity contribution in [2.45, 2.75) is 19.5 Å². The Kier molecular flexibility index (Phi) is 6.05. The maximum atomic E-state index is 8.86. The molecule has 0 spiro atoms. The van der Waals surface area contributed by atoms with E-state index in [0.717, 1.165) is 16.3 Å². The van der Waals surface area contributed by atoms with Crippen LogP contribution in [-0.2, 0) is 6.54 Å². The topological polar surface area (TPSA) is 41.5 Å². The highest BCUT2D eigenvalue weighted by molar-refractivity contribution is 6.30. The minimum Gasteiger partial charge on any atom is -0.491 e. The molecule has 2 aromatic carbocycles. The molecule has 0 aliphatic heterocycles. The molecule has 2 rings (SSSR count). The molecule has 0 radical (unpaired) electrons. The van der Waals surface area contributed by atoms with Crippen LogP contribution in [0.15, 0.2) is 48.5 Å². The molecule has 3 nitrogen and oxygen atoms in total. The molecule has 2 N–H and O–H groups in total. The van der Waals surface area contributed by atoms with E-state index >= 15 is 0 Å². The van der Waals surface area contributed by atoms with Crippen LogP contribution >= 0.6 is 11.6 Å². The van der Waals surface area contributed by atoms with Crippen molar-refractivity contribution in [3.8, 4) is 5.75 Å². The summed E-state index contributed by atoms with van der Waals surface area (Å²) in [6, 6.07) is 15.9. The number of hydrogen-bond acceptors (Lipinski definition) is 3. The lowest BCUT2D eigenvalue weighted by Crippen LogP contribution is -2.18. The van der Waals surface area contributed by atoms with E-state index < -0.39 is 0 Å². The normalized spacial score (nSPS) is 12.1. The fourth-order valence-corrected chi connectivity index (χ4v) is 2.20. The number of benzene rings is 2. The third-order valence-corrected chi connectivity index (χ3v) is 3.54. The predicted octanol–water partition coefficient (Wildman–Crippen LogP) is 3.56. The summed E-state index contributed by atoms with van der Waals surface area (Å²) >= 11 is 5.90. The fourth-order valence-electron chi connectivity index (χ4n) is 2.08. The van der Waals surface area contributed by atoms with Crippen LogP contribution in [0.1, 0.15) is 24.1 Å². The first-order valence-corrected chi connectivity index (χ1v) is 7.39. The number of aliphatic hydroxyl groups excluding tert-OH is 1. The Bertz CT molecular complexity index is 557. The van der Waals surface area contributed by atoms with Gasteiger partial charge in [0.25, 0.3) is 0 Å². The van der Waals surface area contributed by atoms with Crippen LogP contribution in [0, 0.1) is 0 Å². The monoisotopic (exact) mass is 305 g/mol. The Hall–Kier alpha value is -1.55. The van der Waals surface area contributed by atoms with Gasteiger partial charge in [-0.1, -0.05) is 41.9 Å². The van der Waals surface area contributed by atoms with Crippen LogP contribution in [0.4, 0.5) is 0 Å². The van der Waals surface area contributed by atoms with Crippen LogP contribution in [0.3, 0.4) is 0 Å². The lowest BCUT2D eigenvalue weighted by atomic mass is 10.1. The number of hydrogen-bond donors (Lipinski definition) is 2. The SMILES string of the molecule is CC(NCc1ccccc1OCCO)c1ccc(Cl)cc1. The Morgan fingerprint density at radius 3 is 2.57 bits per heavy atom. The standard InChI is InChI=1S/C17H20ClNO2/c1-13(14-6-8-16(18)9-7-14)19-12-15-4-2-3-5-17(15)21-11-10-20/h2-9,13,19-20H,10-12H2,1H3. The second-order valence-electron chi connectivity index (χ2n) is 4.83. The average molecular weight is 306 g/mol. The molecule has 1 atom stereocenters. The molecule has 0 aromatic heterocycles. The van der Waals surface area contributed by atoms with Crippen LogP contribution in [0.2, 0.25) is 5.02 Å².